The highest BCUT2D eigenvalue weighted by atomic mass is 16.5. The number of nitrogens with one attached hydrogen (secondary N) is 1. The summed E-state index contributed by atoms with van der Waals surface area (Å²) in [6.45, 7) is 10.8. The summed E-state index contributed by atoms with van der Waals surface area (Å²) in [6, 6.07) is 8.63. The molecule has 0 spiro atoms. The van der Waals surface area contributed by atoms with Crippen molar-refractivity contribution >= 4 is 0 Å². The smallest absolute Gasteiger partial charge is 0.119 e. The molecule has 19 heavy (non-hydrogen) atoms. The van der Waals surface area contributed by atoms with Crippen LogP contribution in [0.3, 0.4) is 0 Å². The Hall–Kier alpha value is -1.06. The van der Waals surface area contributed by atoms with Gasteiger partial charge in [-0.05, 0) is 44.9 Å². The average Bonchev–Trinajstić information content (AvgIpc) is 2.41. The molecule has 3 nitrogen and oxygen atoms in total. The Balaban J connectivity index is 2.33. The molecule has 0 aliphatic carbocycles. The quantitative estimate of drug-likeness (QED) is 0.693. The molecule has 0 saturated heterocycles. The number of benzene rings is 1. The highest BCUT2D eigenvalue weighted by molar-refractivity contribution is 5.28. The van der Waals surface area contributed by atoms with E-state index < -0.39 is 0 Å². The van der Waals surface area contributed by atoms with Crippen LogP contribution in [-0.2, 0) is 4.74 Å². The maximum absolute atomic E-state index is 5.57. The first-order valence-corrected chi connectivity index (χ1v) is 7.21. The summed E-state index contributed by atoms with van der Waals surface area (Å²) in [5.74, 6) is 0.945. The fourth-order valence-electron chi connectivity index (χ4n) is 1.76. The molecule has 0 fully saturated rings. The molecule has 1 unspecified atom stereocenters. The minimum atomic E-state index is 0.298. The highest BCUT2D eigenvalue weighted by Crippen LogP contribution is 2.17. The molecule has 1 aromatic carbocycles. The number of rotatable bonds is 9. The van der Waals surface area contributed by atoms with E-state index in [1.165, 1.54) is 5.56 Å². The van der Waals surface area contributed by atoms with Crippen molar-refractivity contribution in [2.75, 3.05) is 19.8 Å². The maximum atomic E-state index is 5.57. The first-order valence-electron chi connectivity index (χ1n) is 7.21. The predicted molar refractivity (Wildman–Crippen MR) is 79.7 cm³/mol. The van der Waals surface area contributed by atoms with E-state index in [0.717, 1.165) is 31.9 Å². The van der Waals surface area contributed by atoms with Crippen LogP contribution in [0, 0.1) is 0 Å². The third-order valence-electron chi connectivity index (χ3n) is 2.86. The Kier molecular flexibility index (Phi) is 7.53. The van der Waals surface area contributed by atoms with E-state index in [9.17, 15) is 0 Å². The van der Waals surface area contributed by atoms with Gasteiger partial charge in [-0.1, -0.05) is 19.1 Å². The number of ether oxygens (including phenoxy) is 2. The summed E-state index contributed by atoms with van der Waals surface area (Å²) >= 11 is 0. The second-order valence-corrected chi connectivity index (χ2v) is 5.01. The molecule has 1 N–H and O–H groups in total. The van der Waals surface area contributed by atoms with Crippen LogP contribution < -0.4 is 10.1 Å². The van der Waals surface area contributed by atoms with Crippen LogP contribution in [0.1, 0.15) is 45.7 Å². The van der Waals surface area contributed by atoms with Gasteiger partial charge < -0.3 is 14.8 Å². The minimum Gasteiger partial charge on any atom is -0.494 e. The van der Waals surface area contributed by atoms with Gasteiger partial charge in [-0.15, -0.1) is 0 Å². The zero-order chi connectivity index (χ0) is 14.1. The Morgan fingerprint density at radius 1 is 1.05 bits per heavy atom. The lowest BCUT2D eigenvalue weighted by Crippen LogP contribution is -2.24. The van der Waals surface area contributed by atoms with Crippen LogP contribution in [-0.4, -0.2) is 25.9 Å². The zero-order valence-electron chi connectivity index (χ0n) is 12.6. The van der Waals surface area contributed by atoms with Crippen molar-refractivity contribution in [2.24, 2.45) is 0 Å². The lowest BCUT2D eigenvalue weighted by Gasteiger charge is -2.15. The van der Waals surface area contributed by atoms with Gasteiger partial charge in [0.2, 0.25) is 0 Å². The van der Waals surface area contributed by atoms with E-state index in [2.05, 4.69) is 45.1 Å². The number of hydrogen-bond donors (Lipinski definition) is 1. The van der Waals surface area contributed by atoms with Gasteiger partial charge in [-0.25, -0.2) is 0 Å². The predicted octanol–water partition coefficient (Wildman–Crippen LogP) is 3.55. The van der Waals surface area contributed by atoms with E-state index in [-0.39, 0.29) is 0 Å². The van der Waals surface area contributed by atoms with Crippen LogP contribution in [0.25, 0.3) is 0 Å². The lowest BCUT2D eigenvalue weighted by atomic mass is 10.1. The van der Waals surface area contributed by atoms with E-state index in [1.807, 2.05) is 12.1 Å². The Labute approximate surface area is 117 Å². The molecular weight excluding hydrogens is 238 g/mol. The van der Waals surface area contributed by atoms with Crippen molar-refractivity contribution in [1.29, 1.82) is 0 Å². The minimum absolute atomic E-state index is 0.298. The lowest BCUT2D eigenvalue weighted by molar-refractivity contribution is 0.0796. The summed E-state index contributed by atoms with van der Waals surface area (Å²) in [6.07, 6.45) is 1.34. The van der Waals surface area contributed by atoms with Crippen molar-refractivity contribution in [3.63, 3.8) is 0 Å². The molecule has 1 atom stereocenters. The van der Waals surface area contributed by atoms with Crippen LogP contribution >= 0.6 is 0 Å². The molecule has 0 heterocycles. The van der Waals surface area contributed by atoms with Crippen molar-refractivity contribution in [1.82, 2.24) is 5.32 Å². The van der Waals surface area contributed by atoms with Gasteiger partial charge >= 0.3 is 0 Å². The van der Waals surface area contributed by atoms with E-state index >= 15 is 0 Å². The van der Waals surface area contributed by atoms with Crippen molar-refractivity contribution < 1.29 is 9.47 Å². The van der Waals surface area contributed by atoms with Gasteiger partial charge in [-0.2, -0.15) is 0 Å². The van der Waals surface area contributed by atoms with Gasteiger partial charge in [0.15, 0.2) is 0 Å². The second kappa shape index (κ2) is 8.94. The highest BCUT2D eigenvalue weighted by Gasteiger charge is 2.04. The van der Waals surface area contributed by atoms with Crippen LogP contribution in [0.4, 0.5) is 0 Å². The largest absolute Gasteiger partial charge is 0.494 e. The molecule has 0 radical (unpaired) electrons. The maximum Gasteiger partial charge on any atom is 0.119 e. The Morgan fingerprint density at radius 2 is 1.74 bits per heavy atom. The standard InChI is InChI=1S/C16H27NO2/c1-5-11-19-16-8-6-15(7-9-16)14(4)17-10-12-18-13(2)3/h6-9,13-14,17H,5,10-12H2,1-4H3. The summed E-state index contributed by atoms with van der Waals surface area (Å²) in [5, 5.41) is 3.45. The fourth-order valence-corrected chi connectivity index (χ4v) is 1.76. The van der Waals surface area contributed by atoms with E-state index in [4.69, 9.17) is 9.47 Å². The first kappa shape index (κ1) is 16.0. The monoisotopic (exact) mass is 265 g/mol. The molecule has 0 aromatic heterocycles. The molecule has 0 saturated carbocycles. The zero-order valence-corrected chi connectivity index (χ0v) is 12.6. The molecule has 3 heteroatoms. The normalized spacial score (nSPS) is 12.7. The van der Waals surface area contributed by atoms with Crippen molar-refractivity contribution in [3.8, 4) is 5.75 Å². The first-order chi connectivity index (χ1) is 9.13. The third-order valence-corrected chi connectivity index (χ3v) is 2.86. The summed E-state index contributed by atoms with van der Waals surface area (Å²) in [7, 11) is 0. The molecule has 1 rings (SSSR count). The molecule has 0 bridgehead atoms. The molecular formula is C16H27NO2. The van der Waals surface area contributed by atoms with Crippen LogP contribution in [0.2, 0.25) is 0 Å². The van der Waals surface area contributed by atoms with Gasteiger partial charge in [0, 0.05) is 12.6 Å². The summed E-state index contributed by atoms with van der Waals surface area (Å²) in [5.41, 5.74) is 1.27. The second-order valence-electron chi connectivity index (χ2n) is 5.01. The molecule has 108 valence electrons. The SMILES string of the molecule is CCCOc1ccc(C(C)NCCOC(C)C)cc1. The summed E-state index contributed by atoms with van der Waals surface area (Å²) in [4.78, 5) is 0. The van der Waals surface area contributed by atoms with Gasteiger partial charge in [0.05, 0.1) is 19.3 Å². The summed E-state index contributed by atoms with van der Waals surface area (Å²) < 4.78 is 11.1. The molecule has 0 aliphatic heterocycles. The van der Waals surface area contributed by atoms with E-state index in [1.54, 1.807) is 0 Å². The molecule has 0 amide bonds. The van der Waals surface area contributed by atoms with Gasteiger partial charge in [0.1, 0.15) is 5.75 Å². The average molecular weight is 265 g/mol. The Bertz CT molecular complexity index is 335. The Morgan fingerprint density at radius 3 is 2.32 bits per heavy atom. The van der Waals surface area contributed by atoms with Crippen LogP contribution in [0.5, 0.6) is 5.75 Å². The van der Waals surface area contributed by atoms with Crippen LogP contribution in [0.15, 0.2) is 24.3 Å². The third kappa shape index (κ3) is 6.60. The van der Waals surface area contributed by atoms with E-state index in [0.29, 0.717) is 12.1 Å². The molecule has 1 aromatic rings. The van der Waals surface area contributed by atoms with Crippen molar-refractivity contribution in [2.45, 2.75) is 46.3 Å². The fraction of sp³-hybridized carbons (Fsp3) is 0.625. The number of hydrogen-bond acceptors (Lipinski definition) is 3. The van der Waals surface area contributed by atoms with Gasteiger partial charge in [-0.3, -0.25) is 0 Å². The molecule has 0 aliphatic rings. The van der Waals surface area contributed by atoms with Crippen molar-refractivity contribution in [3.05, 3.63) is 29.8 Å². The van der Waals surface area contributed by atoms with Gasteiger partial charge in [0.25, 0.3) is 0 Å². The topological polar surface area (TPSA) is 30.5 Å².